The van der Waals surface area contributed by atoms with E-state index in [0.29, 0.717) is 17.1 Å². The van der Waals surface area contributed by atoms with Gasteiger partial charge in [0.2, 0.25) is 0 Å². The maximum Gasteiger partial charge on any atom is 0.135 e. The first kappa shape index (κ1) is 36.8. The quantitative estimate of drug-likeness (QED) is 0.318. The standard InChI is InChI=1S/C15H26O.C10H16.C9H12.C4H8/c1-5-7-14(16)13-8-10-15(6-2,11-9-13)12(3)4;1-4-10-8(2)6-5-7-9(10)3;1-3-9-6-4-8(2)5-7-9;1-4(2)3/h13H,3,5-11H2,1-2,4H3;5-6,9H,4,7H2,1-3H3;4-7H,3H2,1-2H3;1H2,2-3H3. The fourth-order valence-corrected chi connectivity index (χ4v) is 5.56. The average Bonchev–Trinajstić information content (AvgIpc) is 2.90. The Kier molecular flexibility index (Phi) is 18.7. The lowest BCUT2D eigenvalue weighted by molar-refractivity contribution is -0.124. The van der Waals surface area contributed by atoms with Gasteiger partial charge >= 0.3 is 0 Å². The molecule has 39 heavy (non-hydrogen) atoms. The topological polar surface area (TPSA) is 17.1 Å². The molecule has 3 rings (SSSR count). The first-order valence-electron chi connectivity index (χ1n) is 15.6. The van der Waals surface area contributed by atoms with Crippen molar-refractivity contribution >= 4 is 5.78 Å². The van der Waals surface area contributed by atoms with E-state index in [2.05, 4.69) is 105 Å². The number of rotatable bonds is 7. The molecule has 0 N–H and O–H groups in total. The maximum absolute atomic E-state index is 11.8. The van der Waals surface area contributed by atoms with Gasteiger partial charge in [-0.05, 0) is 109 Å². The van der Waals surface area contributed by atoms with Crippen molar-refractivity contribution in [3.63, 3.8) is 0 Å². The van der Waals surface area contributed by atoms with Crippen LogP contribution in [0.4, 0.5) is 0 Å². The average molecular weight is 535 g/mol. The van der Waals surface area contributed by atoms with E-state index < -0.39 is 0 Å². The van der Waals surface area contributed by atoms with Crippen molar-refractivity contribution < 1.29 is 4.79 Å². The Morgan fingerprint density at radius 2 is 1.46 bits per heavy atom. The second kappa shape index (κ2) is 19.8. The van der Waals surface area contributed by atoms with Crippen molar-refractivity contribution in [2.45, 2.75) is 133 Å². The lowest BCUT2D eigenvalue weighted by Gasteiger charge is -2.40. The van der Waals surface area contributed by atoms with Gasteiger partial charge in [-0.1, -0.05) is 105 Å². The van der Waals surface area contributed by atoms with Gasteiger partial charge in [0.25, 0.3) is 0 Å². The number of benzene rings is 1. The second-order valence-corrected chi connectivity index (χ2v) is 12.1. The summed E-state index contributed by atoms with van der Waals surface area (Å²) in [6.07, 6.45) is 15.6. The van der Waals surface area contributed by atoms with Gasteiger partial charge < -0.3 is 0 Å². The molecule has 1 aromatic rings. The van der Waals surface area contributed by atoms with Gasteiger partial charge in [0.1, 0.15) is 5.78 Å². The molecule has 0 amide bonds. The molecule has 1 aromatic carbocycles. The molecule has 0 aromatic heterocycles. The predicted molar refractivity (Wildman–Crippen MR) is 176 cm³/mol. The Morgan fingerprint density at radius 1 is 0.923 bits per heavy atom. The number of Topliss-reactive ketones (excluding diaryl/α,β-unsaturated/α-hetero) is 1. The Labute approximate surface area is 244 Å². The zero-order valence-corrected chi connectivity index (χ0v) is 27.5. The van der Waals surface area contributed by atoms with Crippen LogP contribution >= 0.6 is 0 Å². The molecule has 220 valence electrons. The Hall–Kier alpha value is -2.15. The monoisotopic (exact) mass is 534 g/mol. The second-order valence-electron chi connectivity index (χ2n) is 12.1. The summed E-state index contributed by atoms with van der Waals surface area (Å²) in [5.41, 5.74) is 8.70. The van der Waals surface area contributed by atoms with Crippen LogP contribution in [-0.2, 0) is 11.2 Å². The van der Waals surface area contributed by atoms with Gasteiger partial charge in [0.15, 0.2) is 0 Å². The highest BCUT2D eigenvalue weighted by molar-refractivity contribution is 5.81. The number of carbonyl (C=O) groups is 1. The van der Waals surface area contributed by atoms with Gasteiger partial charge in [0.05, 0.1) is 0 Å². The first-order valence-corrected chi connectivity index (χ1v) is 15.6. The van der Waals surface area contributed by atoms with E-state index in [1.165, 1.54) is 60.0 Å². The third-order valence-corrected chi connectivity index (χ3v) is 8.35. The summed E-state index contributed by atoms with van der Waals surface area (Å²) in [6, 6.07) is 8.66. The van der Waals surface area contributed by atoms with Crippen molar-refractivity contribution in [2.75, 3.05) is 0 Å². The van der Waals surface area contributed by atoms with E-state index in [-0.39, 0.29) is 0 Å². The molecule has 0 bridgehead atoms. The molecule has 0 heterocycles. The maximum atomic E-state index is 11.8. The molecule has 2 aliphatic carbocycles. The summed E-state index contributed by atoms with van der Waals surface area (Å²) in [7, 11) is 0. The molecular weight excluding hydrogens is 472 g/mol. The van der Waals surface area contributed by atoms with Gasteiger partial charge in [-0.2, -0.15) is 0 Å². The summed E-state index contributed by atoms with van der Waals surface area (Å²) in [4.78, 5) is 11.8. The minimum absolute atomic E-state index is 0.336. The molecule has 0 saturated heterocycles. The first-order chi connectivity index (χ1) is 18.4. The van der Waals surface area contributed by atoms with Crippen LogP contribution in [0.15, 0.2) is 71.9 Å². The number of carbonyl (C=O) groups excluding carboxylic acids is 1. The van der Waals surface area contributed by atoms with Crippen molar-refractivity contribution in [2.24, 2.45) is 17.3 Å². The molecule has 1 saturated carbocycles. The van der Waals surface area contributed by atoms with Crippen molar-refractivity contribution in [3.8, 4) is 0 Å². The van der Waals surface area contributed by atoms with Crippen LogP contribution < -0.4 is 0 Å². The molecular formula is C38H62O. The molecule has 1 nitrogen and oxygen atoms in total. The number of aryl methyl sites for hydroxylation is 2. The lowest BCUT2D eigenvalue weighted by atomic mass is 9.65. The highest BCUT2D eigenvalue weighted by Gasteiger charge is 2.36. The highest BCUT2D eigenvalue weighted by atomic mass is 16.1. The minimum Gasteiger partial charge on any atom is -0.299 e. The summed E-state index contributed by atoms with van der Waals surface area (Å²) < 4.78 is 0. The van der Waals surface area contributed by atoms with Gasteiger partial charge in [-0.25, -0.2) is 0 Å². The Balaban J connectivity index is 0.000000542. The van der Waals surface area contributed by atoms with Gasteiger partial charge in [-0.15, -0.1) is 6.58 Å². The van der Waals surface area contributed by atoms with E-state index >= 15 is 0 Å². The zero-order chi connectivity index (χ0) is 30.0. The van der Waals surface area contributed by atoms with E-state index in [4.69, 9.17) is 0 Å². The van der Waals surface area contributed by atoms with Crippen molar-refractivity contribution in [1.29, 1.82) is 0 Å². The Morgan fingerprint density at radius 3 is 1.82 bits per heavy atom. The van der Waals surface area contributed by atoms with Crippen LogP contribution in [0.25, 0.3) is 0 Å². The lowest BCUT2D eigenvalue weighted by Crippen LogP contribution is -2.30. The highest BCUT2D eigenvalue weighted by Crippen LogP contribution is 2.46. The normalized spacial score (nSPS) is 21.8. The molecule has 2 aliphatic rings. The molecule has 0 aliphatic heterocycles. The van der Waals surface area contributed by atoms with E-state index in [1.807, 2.05) is 13.8 Å². The van der Waals surface area contributed by atoms with Crippen LogP contribution in [0.5, 0.6) is 0 Å². The molecule has 1 atom stereocenters. The number of hydrogen-bond acceptors (Lipinski definition) is 1. The number of hydrogen-bond donors (Lipinski definition) is 0. The van der Waals surface area contributed by atoms with Crippen LogP contribution in [0.3, 0.4) is 0 Å². The largest absolute Gasteiger partial charge is 0.299 e. The summed E-state index contributed by atoms with van der Waals surface area (Å²) >= 11 is 0. The van der Waals surface area contributed by atoms with E-state index in [1.54, 1.807) is 5.57 Å². The Bertz CT molecular complexity index is 912. The summed E-state index contributed by atoms with van der Waals surface area (Å²) in [6.45, 7) is 29.2. The van der Waals surface area contributed by atoms with Crippen molar-refractivity contribution in [3.05, 3.63) is 83.0 Å². The molecule has 1 fully saturated rings. The van der Waals surface area contributed by atoms with Crippen LogP contribution in [-0.4, -0.2) is 5.78 Å². The third kappa shape index (κ3) is 14.2. The zero-order valence-electron chi connectivity index (χ0n) is 27.5. The van der Waals surface area contributed by atoms with E-state index in [0.717, 1.165) is 38.0 Å². The molecule has 0 spiro atoms. The van der Waals surface area contributed by atoms with Crippen LogP contribution in [0.1, 0.15) is 131 Å². The predicted octanol–water partition coefficient (Wildman–Crippen LogP) is 12.0. The SMILES string of the molecule is C=C(C)C.C=C(C)C1(CC)CCC(C(=O)CCC)CC1.CCC1=C(C)C=CCC1C.CCc1ccc(C)cc1. The smallest absolute Gasteiger partial charge is 0.135 e. The van der Waals surface area contributed by atoms with Gasteiger partial charge in [-0.3, -0.25) is 4.79 Å². The molecule has 1 heteroatoms. The molecule has 1 unspecified atom stereocenters. The fourth-order valence-electron chi connectivity index (χ4n) is 5.56. The summed E-state index contributed by atoms with van der Waals surface area (Å²) in [5.74, 6) is 1.63. The minimum atomic E-state index is 0.336. The van der Waals surface area contributed by atoms with E-state index in [9.17, 15) is 4.79 Å². The molecule has 0 radical (unpaired) electrons. The summed E-state index contributed by atoms with van der Waals surface area (Å²) in [5, 5.41) is 0. The number of ketones is 1. The van der Waals surface area contributed by atoms with Gasteiger partial charge in [0, 0.05) is 12.3 Å². The number of allylic oxidation sites excluding steroid dienone is 6. The fraction of sp³-hybridized carbons (Fsp3) is 0.605. The van der Waals surface area contributed by atoms with Crippen molar-refractivity contribution in [1.82, 2.24) is 0 Å². The van der Waals surface area contributed by atoms with Crippen LogP contribution in [0, 0.1) is 24.2 Å². The third-order valence-electron chi connectivity index (χ3n) is 8.35. The van der Waals surface area contributed by atoms with Crippen LogP contribution in [0.2, 0.25) is 0 Å².